The molecule has 2 fully saturated rings. The first-order valence-electron chi connectivity index (χ1n) is 8.58. The number of carbonyl (C=O) groups is 3. The van der Waals surface area contributed by atoms with E-state index in [-0.39, 0.29) is 23.6 Å². The maximum Gasteiger partial charge on any atom is 0.270 e. The van der Waals surface area contributed by atoms with Gasteiger partial charge in [0.25, 0.3) is 5.91 Å². The first-order valence-corrected chi connectivity index (χ1v) is 8.58. The molecule has 3 aliphatic rings. The topological polar surface area (TPSA) is 82.1 Å². The Labute approximate surface area is 136 Å². The second kappa shape index (κ2) is 7.10. The van der Waals surface area contributed by atoms with Crippen molar-refractivity contribution in [3.8, 4) is 0 Å². The summed E-state index contributed by atoms with van der Waals surface area (Å²) in [4.78, 5) is 39.8. The third kappa shape index (κ3) is 3.71. The fourth-order valence-corrected chi connectivity index (χ4v) is 3.58. The lowest BCUT2D eigenvalue weighted by Crippen LogP contribution is -2.43. The molecule has 0 spiro atoms. The number of amides is 3. The van der Waals surface area contributed by atoms with Gasteiger partial charge in [-0.25, -0.2) is 5.43 Å². The molecule has 0 aromatic rings. The molecule has 2 aliphatic heterocycles. The molecule has 7 nitrogen and oxygen atoms in total. The van der Waals surface area contributed by atoms with Crippen LogP contribution in [0.3, 0.4) is 0 Å². The molecule has 0 aromatic heterocycles. The molecule has 0 unspecified atom stereocenters. The largest absolute Gasteiger partial charge is 0.341 e. The fraction of sp³-hybridized carbons (Fsp3) is 0.750. The fourth-order valence-electron chi connectivity index (χ4n) is 3.58. The molecular weight excluding hydrogens is 296 g/mol. The van der Waals surface area contributed by atoms with Crippen LogP contribution in [0.5, 0.6) is 0 Å². The molecule has 0 radical (unpaired) electrons. The van der Waals surface area contributed by atoms with E-state index in [9.17, 15) is 14.4 Å². The SMILES string of the molecule is O=C1CCC(C(=O)N2CCCN(C(=O)C3CCCC3)CC2)=NN1. The number of hydrogen-bond donors (Lipinski definition) is 1. The molecule has 126 valence electrons. The van der Waals surface area contributed by atoms with Gasteiger partial charge in [0.05, 0.1) is 0 Å². The van der Waals surface area contributed by atoms with Gasteiger partial charge in [0.15, 0.2) is 0 Å². The van der Waals surface area contributed by atoms with Gasteiger partial charge in [0, 0.05) is 44.9 Å². The van der Waals surface area contributed by atoms with E-state index in [0.717, 1.165) is 38.6 Å². The summed E-state index contributed by atoms with van der Waals surface area (Å²) < 4.78 is 0. The van der Waals surface area contributed by atoms with Gasteiger partial charge in [-0.1, -0.05) is 12.8 Å². The van der Waals surface area contributed by atoms with Gasteiger partial charge in [-0.15, -0.1) is 0 Å². The Bertz CT molecular complexity index is 525. The Morgan fingerprint density at radius 1 is 0.957 bits per heavy atom. The number of nitrogens with one attached hydrogen (secondary N) is 1. The Hall–Kier alpha value is -1.92. The Balaban J connectivity index is 1.56. The molecule has 0 atom stereocenters. The van der Waals surface area contributed by atoms with E-state index in [2.05, 4.69) is 10.5 Å². The molecule has 1 saturated heterocycles. The van der Waals surface area contributed by atoms with Crippen LogP contribution >= 0.6 is 0 Å². The first kappa shape index (κ1) is 16.0. The van der Waals surface area contributed by atoms with Gasteiger partial charge in [0.2, 0.25) is 11.8 Å². The van der Waals surface area contributed by atoms with Crippen molar-refractivity contribution in [2.75, 3.05) is 26.2 Å². The van der Waals surface area contributed by atoms with Crippen LogP contribution in [0.25, 0.3) is 0 Å². The van der Waals surface area contributed by atoms with Gasteiger partial charge < -0.3 is 9.80 Å². The quantitative estimate of drug-likeness (QED) is 0.804. The molecule has 0 aromatic carbocycles. The smallest absolute Gasteiger partial charge is 0.270 e. The van der Waals surface area contributed by atoms with Crippen LogP contribution in [0.15, 0.2) is 5.10 Å². The summed E-state index contributed by atoms with van der Waals surface area (Å²) in [5.74, 6) is 0.195. The van der Waals surface area contributed by atoms with Crippen LogP contribution in [-0.2, 0) is 14.4 Å². The van der Waals surface area contributed by atoms with Crippen molar-refractivity contribution in [3.63, 3.8) is 0 Å². The molecule has 23 heavy (non-hydrogen) atoms. The lowest BCUT2D eigenvalue weighted by Gasteiger charge is -2.25. The second-order valence-electron chi connectivity index (χ2n) is 6.55. The molecule has 2 heterocycles. The monoisotopic (exact) mass is 320 g/mol. The van der Waals surface area contributed by atoms with E-state index < -0.39 is 0 Å². The van der Waals surface area contributed by atoms with Crippen LogP contribution in [0, 0.1) is 5.92 Å². The van der Waals surface area contributed by atoms with E-state index in [1.165, 1.54) is 0 Å². The minimum Gasteiger partial charge on any atom is -0.341 e. The standard InChI is InChI=1S/C16H24N4O3/c21-14-7-6-13(17-18-14)16(23)20-9-3-8-19(10-11-20)15(22)12-4-1-2-5-12/h12H,1-11H2,(H,18,21). The summed E-state index contributed by atoms with van der Waals surface area (Å²) >= 11 is 0. The summed E-state index contributed by atoms with van der Waals surface area (Å²) in [5.41, 5.74) is 2.79. The van der Waals surface area contributed by atoms with Gasteiger partial charge in [0.1, 0.15) is 5.71 Å². The average Bonchev–Trinajstić information content (AvgIpc) is 2.99. The summed E-state index contributed by atoms with van der Waals surface area (Å²) in [5, 5.41) is 3.88. The molecule has 1 saturated carbocycles. The zero-order valence-corrected chi connectivity index (χ0v) is 13.4. The predicted octanol–water partition coefficient (Wildman–Crippen LogP) is 0.504. The zero-order chi connectivity index (χ0) is 16.2. The van der Waals surface area contributed by atoms with Crippen LogP contribution in [0.2, 0.25) is 0 Å². The Morgan fingerprint density at radius 2 is 1.65 bits per heavy atom. The van der Waals surface area contributed by atoms with Crippen molar-refractivity contribution >= 4 is 23.4 Å². The summed E-state index contributed by atoms with van der Waals surface area (Å²) in [7, 11) is 0. The van der Waals surface area contributed by atoms with Crippen LogP contribution in [-0.4, -0.2) is 59.4 Å². The maximum absolute atomic E-state index is 12.5. The molecule has 0 bridgehead atoms. The molecule has 3 rings (SSSR count). The number of carbonyl (C=O) groups excluding carboxylic acids is 3. The van der Waals surface area contributed by atoms with Crippen molar-refractivity contribution < 1.29 is 14.4 Å². The molecule has 3 amide bonds. The van der Waals surface area contributed by atoms with Gasteiger partial charge in [-0.3, -0.25) is 14.4 Å². The van der Waals surface area contributed by atoms with E-state index >= 15 is 0 Å². The molecule has 1 N–H and O–H groups in total. The van der Waals surface area contributed by atoms with Gasteiger partial charge in [-0.2, -0.15) is 5.10 Å². The normalized spacial score (nSPS) is 23.3. The van der Waals surface area contributed by atoms with E-state index in [1.54, 1.807) is 4.90 Å². The number of rotatable bonds is 2. The minimum atomic E-state index is -0.147. The predicted molar refractivity (Wildman–Crippen MR) is 84.5 cm³/mol. The highest BCUT2D eigenvalue weighted by Crippen LogP contribution is 2.27. The van der Waals surface area contributed by atoms with Crippen molar-refractivity contribution in [3.05, 3.63) is 0 Å². The van der Waals surface area contributed by atoms with Crippen LogP contribution in [0.4, 0.5) is 0 Å². The van der Waals surface area contributed by atoms with Crippen molar-refractivity contribution in [1.82, 2.24) is 15.2 Å². The van der Waals surface area contributed by atoms with Crippen LogP contribution in [0.1, 0.15) is 44.9 Å². The average molecular weight is 320 g/mol. The highest BCUT2D eigenvalue weighted by molar-refractivity contribution is 6.39. The number of hydrogen-bond acceptors (Lipinski definition) is 4. The lowest BCUT2D eigenvalue weighted by atomic mass is 10.1. The zero-order valence-electron chi connectivity index (χ0n) is 13.4. The van der Waals surface area contributed by atoms with Crippen molar-refractivity contribution in [1.29, 1.82) is 0 Å². The second-order valence-corrected chi connectivity index (χ2v) is 6.55. The third-order valence-electron chi connectivity index (χ3n) is 4.95. The van der Waals surface area contributed by atoms with Crippen LogP contribution < -0.4 is 5.43 Å². The minimum absolute atomic E-state index is 0.111. The highest BCUT2D eigenvalue weighted by Gasteiger charge is 2.30. The molecule has 1 aliphatic carbocycles. The summed E-state index contributed by atoms with van der Waals surface area (Å²) in [6, 6.07) is 0. The van der Waals surface area contributed by atoms with Crippen molar-refractivity contribution in [2.24, 2.45) is 11.0 Å². The highest BCUT2D eigenvalue weighted by atomic mass is 16.2. The summed E-state index contributed by atoms with van der Waals surface area (Å²) in [6.07, 6.45) is 5.82. The van der Waals surface area contributed by atoms with E-state index in [1.807, 2.05) is 4.90 Å². The number of hydrazone groups is 1. The Kier molecular flexibility index (Phi) is 4.93. The van der Waals surface area contributed by atoms with E-state index in [0.29, 0.717) is 38.2 Å². The van der Waals surface area contributed by atoms with Gasteiger partial charge in [-0.05, 0) is 19.3 Å². The summed E-state index contributed by atoms with van der Waals surface area (Å²) in [6.45, 7) is 2.51. The van der Waals surface area contributed by atoms with E-state index in [4.69, 9.17) is 0 Å². The first-order chi connectivity index (χ1) is 11.1. The van der Waals surface area contributed by atoms with Crippen molar-refractivity contribution in [2.45, 2.75) is 44.9 Å². The maximum atomic E-state index is 12.5. The molecule has 7 heteroatoms. The Morgan fingerprint density at radius 3 is 2.35 bits per heavy atom. The lowest BCUT2D eigenvalue weighted by molar-refractivity contribution is -0.135. The third-order valence-corrected chi connectivity index (χ3v) is 4.95. The number of nitrogens with zero attached hydrogens (tertiary/aromatic N) is 3. The van der Waals surface area contributed by atoms with Gasteiger partial charge >= 0.3 is 0 Å². The molecular formula is C16H24N4O3.